The number of anilines is 1. The predicted molar refractivity (Wildman–Crippen MR) is 78.1 cm³/mol. The van der Waals surface area contributed by atoms with Gasteiger partial charge in [0, 0.05) is 28.9 Å². The van der Waals surface area contributed by atoms with E-state index in [0.717, 1.165) is 28.3 Å². The highest BCUT2D eigenvalue weighted by atomic mass is 35.5. The van der Waals surface area contributed by atoms with E-state index in [1.807, 2.05) is 33.0 Å². The summed E-state index contributed by atoms with van der Waals surface area (Å²) in [6.07, 6.45) is 0. The first-order valence-electron chi connectivity index (χ1n) is 5.66. The standard InChI is InChI=1S/C13H16ClN3S/c1-8-11(15)5-4-6-12(8)18-7-10-9(2)16-17(3)13(10)14/h4-6H,7,15H2,1-3H3. The number of hydrogen-bond donors (Lipinski definition) is 1. The number of nitrogens with zero attached hydrogens (tertiary/aromatic N) is 2. The maximum atomic E-state index is 6.21. The number of nitrogen functional groups attached to an aromatic ring is 1. The molecule has 0 bridgehead atoms. The topological polar surface area (TPSA) is 43.8 Å². The first-order chi connectivity index (χ1) is 8.50. The minimum atomic E-state index is 0.710. The summed E-state index contributed by atoms with van der Waals surface area (Å²) in [6, 6.07) is 5.97. The van der Waals surface area contributed by atoms with Gasteiger partial charge in [-0.1, -0.05) is 17.7 Å². The molecule has 0 amide bonds. The molecule has 0 atom stereocenters. The number of halogens is 1. The summed E-state index contributed by atoms with van der Waals surface area (Å²) in [5.41, 5.74) is 9.92. The van der Waals surface area contributed by atoms with E-state index in [-0.39, 0.29) is 0 Å². The molecular weight excluding hydrogens is 266 g/mol. The summed E-state index contributed by atoms with van der Waals surface area (Å²) >= 11 is 7.95. The van der Waals surface area contributed by atoms with Crippen molar-refractivity contribution in [2.24, 2.45) is 7.05 Å². The molecule has 0 unspecified atom stereocenters. The van der Waals surface area contributed by atoms with Gasteiger partial charge < -0.3 is 5.73 Å². The predicted octanol–water partition coefficient (Wildman–Crippen LogP) is 3.56. The minimum absolute atomic E-state index is 0.710. The van der Waals surface area contributed by atoms with Crippen molar-refractivity contribution < 1.29 is 0 Å². The summed E-state index contributed by atoms with van der Waals surface area (Å²) in [6.45, 7) is 4.02. The molecule has 0 spiro atoms. The molecule has 2 rings (SSSR count). The fraction of sp³-hybridized carbons (Fsp3) is 0.308. The summed E-state index contributed by atoms with van der Waals surface area (Å²) < 4.78 is 1.71. The lowest BCUT2D eigenvalue weighted by Gasteiger charge is -2.07. The number of aryl methyl sites for hydroxylation is 2. The number of rotatable bonds is 3. The molecule has 0 fully saturated rings. The van der Waals surface area contributed by atoms with E-state index in [4.69, 9.17) is 17.3 Å². The van der Waals surface area contributed by atoms with Gasteiger partial charge in [0.25, 0.3) is 0 Å². The van der Waals surface area contributed by atoms with Gasteiger partial charge in [0.2, 0.25) is 0 Å². The molecule has 3 nitrogen and oxygen atoms in total. The third kappa shape index (κ3) is 2.49. The molecule has 0 radical (unpaired) electrons. The van der Waals surface area contributed by atoms with Crippen LogP contribution in [0.3, 0.4) is 0 Å². The maximum absolute atomic E-state index is 6.21. The molecule has 18 heavy (non-hydrogen) atoms. The second-order valence-electron chi connectivity index (χ2n) is 4.24. The fourth-order valence-electron chi connectivity index (χ4n) is 1.78. The molecule has 1 aromatic carbocycles. The molecule has 0 aliphatic rings. The Morgan fingerprint density at radius 3 is 2.72 bits per heavy atom. The highest BCUT2D eigenvalue weighted by Gasteiger charge is 2.12. The van der Waals surface area contributed by atoms with Crippen LogP contribution >= 0.6 is 23.4 Å². The molecule has 0 saturated carbocycles. The van der Waals surface area contributed by atoms with Crippen molar-refractivity contribution in [3.05, 3.63) is 40.2 Å². The van der Waals surface area contributed by atoms with Gasteiger partial charge in [-0.25, -0.2) is 0 Å². The van der Waals surface area contributed by atoms with Crippen LogP contribution in [0.2, 0.25) is 5.15 Å². The van der Waals surface area contributed by atoms with Crippen LogP contribution in [0.15, 0.2) is 23.1 Å². The van der Waals surface area contributed by atoms with E-state index >= 15 is 0 Å². The zero-order valence-corrected chi connectivity index (χ0v) is 12.3. The summed E-state index contributed by atoms with van der Waals surface area (Å²) in [5, 5.41) is 5.02. The number of hydrogen-bond acceptors (Lipinski definition) is 3. The number of thioether (sulfide) groups is 1. The first-order valence-corrected chi connectivity index (χ1v) is 7.03. The molecule has 1 aromatic heterocycles. The molecule has 1 heterocycles. The third-order valence-corrected chi connectivity index (χ3v) is 4.63. The highest BCUT2D eigenvalue weighted by molar-refractivity contribution is 7.98. The normalized spacial score (nSPS) is 10.9. The molecule has 5 heteroatoms. The Morgan fingerprint density at radius 1 is 1.39 bits per heavy atom. The second-order valence-corrected chi connectivity index (χ2v) is 5.61. The Kier molecular flexibility index (Phi) is 3.88. The van der Waals surface area contributed by atoms with Crippen molar-refractivity contribution in [2.45, 2.75) is 24.5 Å². The lowest BCUT2D eigenvalue weighted by Crippen LogP contribution is -1.91. The van der Waals surface area contributed by atoms with Crippen LogP contribution in [0.25, 0.3) is 0 Å². The van der Waals surface area contributed by atoms with Gasteiger partial charge in [-0.05, 0) is 31.5 Å². The van der Waals surface area contributed by atoms with Crippen molar-refractivity contribution in [2.75, 3.05) is 5.73 Å². The zero-order valence-electron chi connectivity index (χ0n) is 10.7. The maximum Gasteiger partial charge on any atom is 0.131 e. The van der Waals surface area contributed by atoms with Gasteiger partial charge in [-0.15, -0.1) is 11.8 Å². The van der Waals surface area contributed by atoms with Gasteiger partial charge >= 0.3 is 0 Å². The van der Waals surface area contributed by atoms with Crippen LogP contribution < -0.4 is 5.73 Å². The van der Waals surface area contributed by atoms with Crippen LogP contribution in [-0.4, -0.2) is 9.78 Å². The molecule has 2 aromatic rings. The lowest BCUT2D eigenvalue weighted by atomic mass is 10.2. The Labute approximate surface area is 116 Å². The first kappa shape index (κ1) is 13.3. The summed E-state index contributed by atoms with van der Waals surface area (Å²) in [7, 11) is 1.86. The van der Waals surface area contributed by atoms with Crippen LogP contribution in [0.4, 0.5) is 5.69 Å². The highest BCUT2D eigenvalue weighted by Crippen LogP contribution is 2.31. The Balaban J connectivity index is 2.19. The van der Waals surface area contributed by atoms with Crippen molar-refractivity contribution in [3.8, 4) is 0 Å². The number of benzene rings is 1. The molecule has 0 saturated heterocycles. The van der Waals surface area contributed by atoms with Gasteiger partial charge in [0.05, 0.1) is 5.69 Å². The van der Waals surface area contributed by atoms with E-state index in [0.29, 0.717) is 5.15 Å². The van der Waals surface area contributed by atoms with E-state index < -0.39 is 0 Å². The van der Waals surface area contributed by atoms with Crippen molar-refractivity contribution in [3.63, 3.8) is 0 Å². The minimum Gasteiger partial charge on any atom is -0.398 e. The Morgan fingerprint density at radius 2 is 2.11 bits per heavy atom. The largest absolute Gasteiger partial charge is 0.398 e. The average Bonchev–Trinajstić information content (AvgIpc) is 2.56. The van der Waals surface area contributed by atoms with Gasteiger partial charge in [0.1, 0.15) is 5.15 Å². The Bertz CT molecular complexity index is 578. The molecule has 0 aliphatic heterocycles. The summed E-state index contributed by atoms with van der Waals surface area (Å²) in [4.78, 5) is 1.19. The van der Waals surface area contributed by atoms with E-state index in [1.54, 1.807) is 16.4 Å². The smallest absolute Gasteiger partial charge is 0.131 e. The zero-order chi connectivity index (χ0) is 13.3. The van der Waals surface area contributed by atoms with Crippen LogP contribution in [0.1, 0.15) is 16.8 Å². The molecule has 0 aliphatic carbocycles. The van der Waals surface area contributed by atoms with E-state index in [1.165, 1.54) is 4.90 Å². The van der Waals surface area contributed by atoms with Crippen molar-refractivity contribution in [1.29, 1.82) is 0 Å². The molecular formula is C13H16ClN3S. The average molecular weight is 282 g/mol. The number of aromatic nitrogens is 2. The van der Waals surface area contributed by atoms with Crippen LogP contribution in [0.5, 0.6) is 0 Å². The van der Waals surface area contributed by atoms with Gasteiger partial charge in [-0.2, -0.15) is 5.10 Å². The second kappa shape index (κ2) is 5.24. The van der Waals surface area contributed by atoms with Crippen molar-refractivity contribution >= 4 is 29.1 Å². The van der Waals surface area contributed by atoms with Crippen LogP contribution in [-0.2, 0) is 12.8 Å². The lowest BCUT2D eigenvalue weighted by molar-refractivity contribution is 0.757. The molecule has 2 N–H and O–H groups in total. The van der Waals surface area contributed by atoms with Gasteiger partial charge in [-0.3, -0.25) is 4.68 Å². The SMILES string of the molecule is Cc1nn(C)c(Cl)c1CSc1cccc(N)c1C. The quantitative estimate of drug-likeness (QED) is 0.691. The van der Waals surface area contributed by atoms with Crippen LogP contribution in [0, 0.1) is 13.8 Å². The Hall–Kier alpha value is -1.13. The van der Waals surface area contributed by atoms with E-state index in [2.05, 4.69) is 11.2 Å². The monoisotopic (exact) mass is 281 g/mol. The fourth-order valence-corrected chi connectivity index (χ4v) is 3.25. The van der Waals surface area contributed by atoms with E-state index in [9.17, 15) is 0 Å². The third-order valence-electron chi connectivity index (χ3n) is 2.97. The van der Waals surface area contributed by atoms with Gasteiger partial charge in [0.15, 0.2) is 0 Å². The van der Waals surface area contributed by atoms with Crippen molar-refractivity contribution in [1.82, 2.24) is 9.78 Å². The number of nitrogens with two attached hydrogens (primary N) is 1. The molecule has 96 valence electrons. The summed E-state index contributed by atoms with van der Waals surface area (Å²) in [5.74, 6) is 0.808.